The van der Waals surface area contributed by atoms with Crippen LogP contribution in [0.5, 0.6) is 5.75 Å². The van der Waals surface area contributed by atoms with E-state index in [4.69, 9.17) is 10.5 Å². The van der Waals surface area contributed by atoms with Crippen LogP contribution in [0, 0.1) is 6.92 Å². The Morgan fingerprint density at radius 2 is 1.90 bits per heavy atom. The molecule has 0 radical (unpaired) electrons. The molecule has 0 saturated heterocycles. The molecule has 0 spiro atoms. The van der Waals surface area contributed by atoms with E-state index in [0.717, 1.165) is 5.56 Å². The SMILES string of the molecule is COc1ccc(N(C)S(=O)(=O)c2c(C)csc2CN)cc1. The second-order valence-electron chi connectivity index (χ2n) is 4.55. The number of nitrogens with zero attached hydrogens (tertiary/aromatic N) is 1. The fourth-order valence-corrected chi connectivity index (χ4v) is 4.89. The Morgan fingerprint density at radius 1 is 1.29 bits per heavy atom. The number of aryl methyl sites for hydroxylation is 1. The first-order valence-electron chi connectivity index (χ1n) is 6.31. The van der Waals surface area contributed by atoms with Crippen molar-refractivity contribution in [2.45, 2.75) is 18.4 Å². The normalized spacial score (nSPS) is 11.4. The van der Waals surface area contributed by atoms with Gasteiger partial charge in [0.25, 0.3) is 10.0 Å². The van der Waals surface area contributed by atoms with E-state index in [1.165, 1.54) is 22.7 Å². The van der Waals surface area contributed by atoms with E-state index < -0.39 is 10.0 Å². The van der Waals surface area contributed by atoms with Gasteiger partial charge >= 0.3 is 0 Å². The van der Waals surface area contributed by atoms with Gasteiger partial charge in [0.1, 0.15) is 10.6 Å². The summed E-state index contributed by atoms with van der Waals surface area (Å²) in [5, 5.41) is 1.82. The van der Waals surface area contributed by atoms with Crippen molar-refractivity contribution < 1.29 is 13.2 Å². The van der Waals surface area contributed by atoms with Crippen LogP contribution < -0.4 is 14.8 Å². The number of hydrogen-bond donors (Lipinski definition) is 1. The van der Waals surface area contributed by atoms with Crippen molar-refractivity contribution in [3.05, 3.63) is 40.1 Å². The van der Waals surface area contributed by atoms with Crippen LogP contribution in [0.2, 0.25) is 0 Å². The maximum atomic E-state index is 12.8. The molecule has 0 unspecified atom stereocenters. The van der Waals surface area contributed by atoms with Gasteiger partial charge in [0.05, 0.1) is 12.8 Å². The molecule has 0 aliphatic heterocycles. The number of ether oxygens (including phenoxy) is 1. The fourth-order valence-electron chi connectivity index (χ4n) is 2.04. The highest BCUT2D eigenvalue weighted by atomic mass is 32.2. The summed E-state index contributed by atoms with van der Waals surface area (Å²) < 4.78 is 31.9. The molecule has 7 heteroatoms. The Bertz CT molecular complexity index is 721. The lowest BCUT2D eigenvalue weighted by Crippen LogP contribution is -2.27. The largest absolute Gasteiger partial charge is 0.497 e. The number of hydrogen-bond acceptors (Lipinski definition) is 5. The Labute approximate surface area is 129 Å². The molecular formula is C14H18N2O3S2. The van der Waals surface area contributed by atoms with E-state index in [2.05, 4.69) is 0 Å². The Morgan fingerprint density at radius 3 is 2.43 bits per heavy atom. The molecule has 0 bridgehead atoms. The second-order valence-corrected chi connectivity index (χ2v) is 7.42. The zero-order chi connectivity index (χ0) is 15.6. The molecule has 0 saturated carbocycles. The minimum absolute atomic E-state index is 0.212. The molecule has 1 aromatic carbocycles. The summed E-state index contributed by atoms with van der Waals surface area (Å²) >= 11 is 1.37. The summed E-state index contributed by atoms with van der Waals surface area (Å²) in [6.45, 7) is 1.99. The van der Waals surface area contributed by atoms with Crippen molar-refractivity contribution in [2.75, 3.05) is 18.5 Å². The van der Waals surface area contributed by atoms with Crippen molar-refractivity contribution in [3.8, 4) is 5.75 Å². The topological polar surface area (TPSA) is 72.6 Å². The molecule has 0 aliphatic carbocycles. The Kier molecular flexibility index (Phi) is 4.55. The fraction of sp³-hybridized carbons (Fsp3) is 0.286. The first-order chi connectivity index (χ1) is 9.91. The highest BCUT2D eigenvalue weighted by molar-refractivity contribution is 7.93. The average molecular weight is 326 g/mol. The van der Waals surface area contributed by atoms with Gasteiger partial charge in [-0.2, -0.15) is 0 Å². The Hall–Kier alpha value is -1.57. The van der Waals surface area contributed by atoms with Gasteiger partial charge in [0.2, 0.25) is 0 Å². The third kappa shape index (κ3) is 2.90. The molecular weight excluding hydrogens is 308 g/mol. The lowest BCUT2D eigenvalue weighted by atomic mass is 10.3. The van der Waals surface area contributed by atoms with Crippen LogP contribution in [0.15, 0.2) is 34.5 Å². The van der Waals surface area contributed by atoms with Gasteiger partial charge in [-0.1, -0.05) is 0 Å². The van der Waals surface area contributed by atoms with Crippen LogP contribution in [-0.4, -0.2) is 22.6 Å². The summed E-state index contributed by atoms with van der Waals surface area (Å²) in [6.07, 6.45) is 0. The number of methoxy groups -OCH3 is 1. The predicted octanol–water partition coefficient (Wildman–Crippen LogP) is 2.35. The zero-order valence-corrected chi connectivity index (χ0v) is 13.8. The van der Waals surface area contributed by atoms with Gasteiger partial charge < -0.3 is 10.5 Å². The van der Waals surface area contributed by atoms with E-state index in [1.807, 2.05) is 5.38 Å². The maximum absolute atomic E-state index is 12.8. The lowest BCUT2D eigenvalue weighted by Gasteiger charge is -2.20. The maximum Gasteiger partial charge on any atom is 0.265 e. The number of anilines is 1. The number of thiophene rings is 1. The van der Waals surface area contributed by atoms with Gasteiger partial charge in [-0.15, -0.1) is 11.3 Å². The Balaban J connectivity index is 2.44. The number of benzene rings is 1. The number of sulfonamides is 1. The van der Waals surface area contributed by atoms with Gasteiger partial charge in [-0.25, -0.2) is 8.42 Å². The minimum Gasteiger partial charge on any atom is -0.497 e. The van der Waals surface area contributed by atoms with E-state index in [0.29, 0.717) is 21.2 Å². The highest BCUT2D eigenvalue weighted by Gasteiger charge is 2.27. The summed E-state index contributed by atoms with van der Waals surface area (Å²) in [7, 11) is -0.515. The van der Waals surface area contributed by atoms with Gasteiger partial charge in [0.15, 0.2) is 0 Å². The molecule has 114 valence electrons. The summed E-state index contributed by atoms with van der Waals surface area (Å²) in [5.41, 5.74) is 6.94. The summed E-state index contributed by atoms with van der Waals surface area (Å²) in [4.78, 5) is 0.987. The van der Waals surface area contributed by atoms with Crippen LogP contribution >= 0.6 is 11.3 Å². The van der Waals surface area contributed by atoms with E-state index in [9.17, 15) is 8.42 Å². The highest BCUT2D eigenvalue weighted by Crippen LogP contribution is 2.31. The predicted molar refractivity (Wildman–Crippen MR) is 85.5 cm³/mol. The summed E-state index contributed by atoms with van der Waals surface area (Å²) in [6, 6.07) is 6.87. The lowest BCUT2D eigenvalue weighted by molar-refractivity contribution is 0.415. The van der Waals surface area contributed by atoms with Crippen LogP contribution in [0.3, 0.4) is 0 Å². The van der Waals surface area contributed by atoms with Gasteiger partial charge in [-0.3, -0.25) is 4.31 Å². The van der Waals surface area contributed by atoms with Crippen LogP contribution in [0.25, 0.3) is 0 Å². The molecule has 0 fully saturated rings. The van der Waals surface area contributed by atoms with Gasteiger partial charge in [-0.05, 0) is 42.1 Å². The van der Waals surface area contributed by atoms with Crippen molar-refractivity contribution in [3.63, 3.8) is 0 Å². The minimum atomic E-state index is -3.62. The average Bonchev–Trinajstić information content (AvgIpc) is 2.88. The number of rotatable bonds is 5. The van der Waals surface area contributed by atoms with Crippen molar-refractivity contribution in [2.24, 2.45) is 5.73 Å². The molecule has 2 rings (SSSR count). The first kappa shape index (κ1) is 15.8. The molecule has 2 aromatic rings. The third-order valence-corrected chi connectivity index (χ3v) is 6.50. The van der Waals surface area contributed by atoms with Crippen LogP contribution in [-0.2, 0) is 16.6 Å². The monoisotopic (exact) mass is 326 g/mol. The first-order valence-corrected chi connectivity index (χ1v) is 8.63. The van der Waals surface area contributed by atoms with Crippen LogP contribution in [0.4, 0.5) is 5.69 Å². The molecule has 21 heavy (non-hydrogen) atoms. The summed E-state index contributed by atoms with van der Waals surface area (Å²) in [5.74, 6) is 0.680. The number of nitrogens with two attached hydrogens (primary N) is 1. The van der Waals surface area contributed by atoms with Crippen LogP contribution in [0.1, 0.15) is 10.4 Å². The quantitative estimate of drug-likeness (QED) is 0.915. The molecule has 0 amide bonds. The van der Waals surface area contributed by atoms with Crippen molar-refractivity contribution in [1.29, 1.82) is 0 Å². The smallest absolute Gasteiger partial charge is 0.265 e. The molecule has 1 heterocycles. The molecule has 2 N–H and O–H groups in total. The molecule has 0 atom stereocenters. The van der Waals surface area contributed by atoms with Gasteiger partial charge in [0, 0.05) is 18.5 Å². The third-order valence-electron chi connectivity index (χ3n) is 3.23. The second kappa shape index (κ2) is 6.05. The standard InChI is InChI=1S/C14H18N2O3S2/c1-10-9-20-13(8-15)14(10)21(17,18)16(2)11-4-6-12(19-3)7-5-11/h4-7,9H,8,15H2,1-3H3. The molecule has 0 aliphatic rings. The van der Waals surface area contributed by atoms with E-state index in [1.54, 1.807) is 38.3 Å². The molecule has 5 nitrogen and oxygen atoms in total. The van der Waals surface area contributed by atoms with E-state index >= 15 is 0 Å². The van der Waals surface area contributed by atoms with Crippen molar-refractivity contribution in [1.82, 2.24) is 0 Å². The molecule has 1 aromatic heterocycles. The zero-order valence-electron chi connectivity index (χ0n) is 12.2. The van der Waals surface area contributed by atoms with E-state index in [-0.39, 0.29) is 6.54 Å². The van der Waals surface area contributed by atoms with Crippen molar-refractivity contribution >= 4 is 27.0 Å².